The molecule has 2 aromatic carbocycles. The van der Waals surface area contributed by atoms with Crippen molar-refractivity contribution >= 4 is 10.8 Å². The van der Waals surface area contributed by atoms with Gasteiger partial charge in [0, 0.05) is 9.79 Å². The molecule has 0 aromatic heterocycles. The van der Waals surface area contributed by atoms with E-state index in [4.69, 9.17) is 0 Å². The fraction of sp³-hybridized carbons (Fsp3) is 0.143. The molecule has 0 aliphatic carbocycles. The van der Waals surface area contributed by atoms with Gasteiger partial charge in [0.2, 0.25) is 0 Å². The van der Waals surface area contributed by atoms with Crippen LogP contribution in [-0.4, -0.2) is 4.21 Å². The zero-order valence-corrected chi connectivity index (χ0v) is 10.3. The molecular weight excluding hydrogens is 235 g/mol. The Hall–Kier alpha value is -1.48. The van der Waals surface area contributed by atoms with Gasteiger partial charge in [-0.2, -0.15) is 0 Å². The second-order valence-corrected chi connectivity index (χ2v) is 5.27. The predicted octanol–water partition coefficient (Wildman–Crippen LogP) is 3.63. The molecule has 0 radical (unpaired) electrons. The van der Waals surface area contributed by atoms with Crippen LogP contribution in [0.15, 0.2) is 58.3 Å². The van der Waals surface area contributed by atoms with Crippen LogP contribution in [0.3, 0.4) is 0 Å². The number of hydrogen-bond donors (Lipinski definition) is 0. The molecule has 1 atom stereocenters. The van der Waals surface area contributed by atoms with Crippen LogP contribution in [0.5, 0.6) is 0 Å². The van der Waals surface area contributed by atoms with Crippen molar-refractivity contribution in [3.05, 3.63) is 59.7 Å². The number of alkyl halides is 1. The van der Waals surface area contributed by atoms with Gasteiger partial charge in [0.05, 0.1) is 10.8 Å². The summed E-state index contributed by atoms with van der Waals surface area (Å²) in [6, 6.07) is 14.4. The average molecular weight is 248 g/mol. The van der Waals surface area contributed by atoms with Crippen LogP contribution in [0.4, 0.5) is 4.39 Å². The molecular formula is C14H13FOS. The van der Waals surface area contributed by atoms with Gasteiger partial charge in [0.25, 0.3) is 0 Å². The maximum atomic E-state index is 12.8. The average Bonchev–Trinajstić information content (AvgIpc) is 2.39. The van der Waals surface area contributed by atoms with Crippen LogP contribution in [0.1, 0.15) is 11.1 Å². The molecule has 1 nitrogen and oxygen atoms in total. The smallest absolute Gasteiger partial charge is 0.116 e. The largest absolute Gasteiger partial charge is 0.249 e. The van der Waals surface area contributed by atoms with E-state index in [-0.39, 0.29) is 0 Å². The molecule has 0 spiro atoms. The van der Waals surface area contributed by atoms with Crippen LogP contribution in [0, 0.1) is 6.92 Å². The summed E-state index contributed by atoms with van der Waals surface area (Å²) in [5.74, 6) is 0. The first kappa shape index (κ1) is 12.0. The van der Waals surface area contributed by atoms with E-state index >= 15 is 0 Å². The molecule has 17 heavy (non-hydrogen) atoms. The van der Waals surface area contributed by atoms with Crippen molar-refractivity contribution in [1.29, 1.82) is 0 Å². The Morgan fingerprint density at radius 3 is 2.35 bits per heavy atom. The van der Waals surface area contributed by atoms with Crippen molar-refractivity contribution in [2.75, 3.05) is 0 Å². The van der Waals surface area contributed by atoms with Crippen molar-refractivity contribution in [2.45, 2.75) is 23.4 Å². The molecule has 0 amide bonds. The van der Waals surface area contributed by atoms with Crippen LogP contribution in [0.25, 0.3) is 0 Å². The van der Waals surface area contributed by atoms with Gasteiger partial charge in [-0.1, -0.05) is 35.9 Å². The van der Waals surface area contributed by atoms with Crippen LogP contribution in [0.2, 0.25) is 0 Å². The second-order valence-electron chi connectivity index (χ2n) is 3.82. The molecule has 0 heterocycles. The van der Waals surface area contributed by atoms with E-state index in [1.807, 2.05) is 31.2 Å². The molecule has 0 unspecified atom stereocenters. The summed E-state index contributed by atoms with van der Waals surface area (Å²) in [5.41, 5.74) is 1.61. The number of benzene rings is 2. The van der Waals surface area contributed by atoms with Crippen LogP contribution >= 0.6 is 0 Å². The Morgan fingerprint density at radius 1 is 1.06 bits per heavy atom. The van der Waals surface area contributed by atoms with Gasteiger partial charge >= 0.3 is 0 Å². The Kier molecular flexibility index (Phi) is 3.69. The van der Waals surface area contributed by atoms with E-state index in [2.05, 4.69) is 0 Å². The highest BCUT2D eigenvalue weighted by atomic mass is 32.2. The van der Waals surface area contributed by atoms with Gasteiger partial charge < -0.3 is 0 Å². The fourth-order valence-corrected chi connectivity index (χ4v) is 2.78. The second kappa shape index (κ2) is 5.23. The first-order chi connectivity index (χ1) is 8.22. The summed E-state index contributed by atoms with van der Waals surface area (Å²) in [4.78, 5) is 1.26. The summed E-state index contributed by atoms with van der Waals surface area (Å²) in [5, 5.41) is 0. The third-order valence-electron chi connectivity index (χ3n) is 2.55. The van der Waals surface area contributed by atoms with Gasteiger partial charge in [0.1, 0.15) is 6.67 Å². The first-order valence-electron chi connectivity index (χ1n) is 5.34. The highest BCUT2D eigenvalue weighted by Crippen LogP contribution is 2.21. The van der Waals surface area contributed by atoms with Crippen molar-refractivity contribution in [3.63, 3.8) is 0 Å². The van der Waals surface area contributed by atoms with Crippen molar-refractivity contribution < 1.29 is 8.60 Å². The zero-order chi connectivity index (χ0) is 12.3. The molecule has 0 saturated carbocycles. The molecule has 0 saturated heterocycles. The number of aryl methyl sites for hydroxylation is 1. The molecule has 0 bridgehead atoms. The summed E-state index contributed by atoms with van der Waals surface area (Å²) in [7, 11) is -1.31. The van der Waals surface area contributed by atoms with Crippen molar-refractivity contribution in [1.82, 2.24) is 0 Å². The predicted molar refractivity (Wildman–Crippen MR) is 67.1 cm³/mol. The Bertz CT molecular complexity index is 534. The molecule has 0 N–H and O–H groups in total. The maximum absolute atomic E-state index is 12.8. The minimum atomic E-state index is -1.31. The normalized spacial score (nSPS) is 12.4. The maximum Gasteiger partial charge on any atom is 0.116 e. The monoisotopic (exact) mass is 248 g/mol. The molecule has 0 aliphatic rings. The van der Waals surface area contributed by atoms with Crippen molar-refractivity contribution in [2.24, 2.45) is 0 Å². The summed E-state index contributed by atoms with van der Waals surface area (Å²) >= 11 is 0. The number of rotatable bonds is 3. The zero-order valence-electron chi connectivity index (χ0n) is 9.52. The molecule has 88 valence electrons. The van der Waals surface area contributed by atoms with E-state index in [0.29, 0.717) is 15.4 Å². The minimum Gasteiger partial charge on any atom is -0.249 e. The number of hydrogen-bond acceptors (Lipinski definition) is 1. The first-order valence-corrected chi connectivity index (χ1v) is 6.49. The molecule has 0 aliphatic heterocycles. The highest BCUT2D eigenvalue weighted by Gasteiger charge is 2.10. The summed E-state index contributed by atoms with van der Waals surface area (Å²) in [6.07, 6.45) is 0. The van der Waals surface area contributed by atoms with Gasteiger partial charge in [-0.3, -0.25) is 0 Å². The third kappa shape index (κ3) is 2.61. The lowest BCUT2D eigenvalue weighted by Gasteiger charge is -2.06. The van der Waals surface area contributed by atoms with E-state index in [0.717, 1.165) is 5.56 Å². The van der Waals surface area contributed by atoms with Crippen LogP contribution < -0.4 is 0 Å². The lowest BCUT2D eigenvalue weighted by atomic mass is 10.2. The summed E-state index contributed by atoms with van der Waals surface area (Å²) < 4.78 is 25.1. The quantitative estimate of drug-likeness (QED) is 0.810. The van der Waals surface area contributed by atoms with E-state index in [1.165, 1.54) is 0 Å². The third-order valence-corrected chi connectivity index (χ3v) is 4.05. The Balaban J connectivity index is 2.40. The van der Waals surface area contributed by atoms with Crippen LogP contribution in [-0.2, 0) is 17.5 Å². The van der Waals surface area contributed by atoms with E-state index in [1.54, 1.807) is 24.3 Å². The summed E-state index contributed by atoms with van der Waals surface area (Å²) in [6.45, 7) is 1.38. The SMILES string of the molecule is Cc1ccc([S@](=O)c2ccccc2CF)cc1. The topological polar surface area (TPSA) is 17.1 Å². The number of halogens is 1. The fourth-order valence-electron chi connectivity index (χ4n) is 1.58. The van der Waals surface area contributed by atoms with Gasteiger partial charge in [0.15, 0.2) is 0 Å². The minimum absolute atomic E-state index is 0.492. The Morgan fingerprint density at radius 2 is 1.71 bits per heavy atom. The lowest BCUT2D eigenvalue weighted by molar-refractivity contribution is 0.479. The standard InChI is InChI=1S/C14H13FOS/c1-11-6-8-13(9-7-11)17(16)14-5-3-2-4-12(14)10-15/h2-9H,10H2,1H3/t17-/m0/s1. The van der Waals surface area contributed by atoms with Gasteiger partial charge in [-0.15, -0.1) is 0 Å². The van der Waals surface area contributed by atoms with Gasteiger partial charge in [-0.05, 0) is 30.7 Å². The van der Waals surface area contributed by atoms with Gasteiger partial charge in [-0.25, -0.2) is 8.60 Å². The lowest BCUT2D eigenvalue weighted by Crippen LogP contribution is -1.97. The molecule has 2 rings (SSSR count). The molecule has 2 aromatic rings. The van der Waals surface area contributed by atoms with E-state index < -0.39 is 17.5 Å². The van der Waals surface area contributed by atoms with Crippen molar-refractivity contribution in [3.8, 4) is 0 Å². The highest BCUT2D eigenvalue weighted by molar-refractivity contribution is 7.85. The molecule has 3 heteroatoms. The molecule has 0 fully saturated rings. The van der Waals surface area contributed by atoms with E-state index in [9.17, 15) is 8.60 Å². The Labute approximate surface area is 103 Å².